The van der Waals surface area contributed by atoms with Crippen molar-refractivity contribution in [3.8, 4) is 0 Å². The summed E-state index contributed by atoms with van der Waals surface area (Å²) in [5.74, 6) is 0.857. The van der Waals surface area contributed by atoms with E-state index in [2.05, 4.69) is 11.8 Å². The van der Waals surface area contributed by atoms with Crippen molar-refractivity contribution in [2.24, 2.45) is 5.92 Å². The molecule has 2 aliphatic carbocycles. The van der Waals surface area contributed by atoms with E-state index in [-0.39, 0.29) is 5.91 Å². The largest absolute Gasteiger partial charge is 0.333 e. The number of sulfonamides is 1. The average molecular weight is 419 g/mol. The molecule has 0 aromatic heterocycles. The third kappa shape index (κ3) is 5.28. The van der Waals surface area contributed by atoms with E-state index in [0.29, 0.717) is 30.1 Å². The standard InChI is InChI=1S/C23H34N2O3S/c1-4-24(5-2)29(27,28)22-15-8-19(9-16-22)10-17-23(26)25(21-13-14-21)20-11-6-18(3)7-12-20/h8-10,15-18,20-21H,4-7,11-14H2,1-3H3/b17-10+. The number of amides is 1. The Balaban J connectivity index is 1.68. The van der Waals surface area contributed by atoms with E-state index in [1.165, 1.54) is 17.1 Å². The highest BCUT2D eigenvalue weighted by Gasteiger charge is 2.37. The molecule has 0 unspecified atom stereocenters. The van der Waals surface area contributed by atoms with Gasteiger partial charge < -0.3 is 4.90 Å². The summed E-state index contributed by atoms with van der Waals surface area (Å²) in [5.41, 5.74) is 0.838. The van der Waals surface area contributed by atoms with Crippen LogP contribution in [0.4, 0.5) is 0 Å². The zero-order valence-electron chi connectivity index (χ0n) is 17.9. The summed E-state index contributed by atoms with van der Waals surface area (Å²) in [5, 5.41) is 0. The van der Waals surface area contributed by atoms with E-state index in [9.17, 15) is 13.2 Å². The second kappa shape index (κ2) is 9.43. The van der Waals surface area contributed by atoms with Gasteiger partial charge in [0.15, 0.2) is 0 Å². The third-order valence-corrected chi connectivity index (χ3v) is 8.28. The van der Waals surface area contributed by atoms with E-state index >= 15 is 0 Å². The first-order valence-electron chi connectivity index (χ1n) is 11.0. The van der Waals surface area contributed by atoms with Gasteiger partial charge in [0.1, 0.15) is 0 Å². The third-order valence-electron chi connectivity index (χ3n) is 6.22. The van der Waals surface area contributed by atoms with Crippen LogP contribution in [0.3, 0.4) is 0 Å². The minimum atomic E-state index is -3.45. The molecular formula is C23H34N2O3S. The first-order chi connectivity index (χ1) is 13.9. The molecule has 1 amide bonds. The van der Waals surface area contributed by atoms with Crippen LogP contribution in [0.25, 0.3) is 6.08 Å². The lowest BCUT2D eigenvalue weighted by Gasteiger charge is -2.36. The number of hydrogen-bond donors (Lipinski definition) is 0. The monoisotopic (exact) mass is 418 g/mol. The molecule has 2 saturated carbocycles. The Morgan fingerprint density at radius 3 is 1.97 bits per heavy atom. The van der Waals surface area contributed by atoms with Gasteiger partial charge >= 0.3 is 0 Å². The molecule has 29 heavy (non-hydrogen) atoms. The van der Waals surface area contributed by atoms with Crippen molar-refractivity contribution >= 4 is 22.0 Å². The van der Waals surface area contributed by atoms with Crippen LogP contribution in [0, 0.1) is 5.92 Å². The van der Waals surface area contributed by atoms with E-state index < -0.39 is 10.0 Å². The van der Waals surface area contributed by atoms with Crippen LogP contribution in [0.5, 0.6) is 0 Å². The molecule has 0 spiro atoms. The lowest BCUT2D eigenvalue weighted by molar-refractivity contribution is -0.129. The first kappa shape index (κ1) is 22.0. The van der Waals surface area contributed by atoms with E-state index in [1.54, 1.807) is 36.4 Å². The summed E-state index contributed by atoms with van der Waals surface area (Å²) in [7, 11) is -3.45. The lowest BCUT2D eigenvalue weighted by Crippen LogP contribution is -2.42. The number of hydrogen-bond acceptors (Lipinski definition) is 3. The van der Waals surface area contributed by atoms with Gasteiger partial charge in [0.2, 0.25) is 15.9 Å². The molecule has 0 aliphatic heterocycles. The second-order valence-corrected chi connectivity index (χ2v) is 10.3. The topological polar surface area (TPSA) is 57.7 Å². The second-order valence-electron chi connectivity index (χ2n) is 8.38. The van der Waals surface area contributed by atoms with Crippen LogP contribution in [0.15, 0.2) is 35.2 Å². The van der Waals surface area contributed by atoms with Crippen molar-refractivity contribution in [2.45, 2.75) is 76.3 Å². The number of carbonyl (C=O) groups is 1. The Labute approximate surface area is 175 Å². The van der Waals surface area contributed by atoms with Gasteiger partial charge in [-0.25, -0.2) is 8.42 Å². The molecule has 3 rings (SSSR count). The van der Waals surface area contributed by atoms with Crippen LogP contribution in [0.1, 0.15) is 64.9 Å². The Morgan fingerprint density at radius 2 is 1.48 bits per heavy atom. The SMILES string of the molecule is CCN(CC)S(=O)(=O)c1ccc(/C=C/C(=O)N(C2CCC(C)CC2)C2CC2)cc1. The van der Waals surface area contributed by atoms with Crippen LogP contribution in [0.2, 0.25) is 0 Å². The average Bonchev–Trinajstić information content (AvgIpc) is 3.54. The molecule has 1 aromatic rings. The summed E-state index contributed by atoms with van der Waals surface area (Å²) in [4.78, 5) is 15.3. The number of benzene rings is 1. The molecular weight excluding hydrogens is 384 g/mol. The van der Waals surface area contributed by atoms with E-state index in [1.807, 2.05) is 13.8 Å². The lowest BCUT2D eigenvalue weighted by atomic mass is 9.86. The molecule has 0 heterocycles. The Bertz CT molecular complexity index is 816. The van der Waals surface area contributed by atoms with Gasteiger partial charge in [0, 0.05) is 31.2 Å². The molecule has 0 atom stereocenters. The van der Waals surface area contributed by atoms with E-state index in [4.69, 9.17) is 0 Å². The summed E-state index contributed by atoms with van der Waals surface area (Å²) in [6.45, 7) is 6.87. The molecule has 6 heteroatoms. The molecule has 5 nitrogen and oxygen atoms in total. The quantitative estimate of drug-likeness (QED) is 0.592. The summed E-state index contributed by atoms with van der Waals surface area (Å²) in [6.07, 6.45) is 10.3. The van der Waals surface area contributed by atoms with Gasteiger partial charge in [-0.15, -0.1) is 0 Å². The van der Waals surface area contributed by atoms with Gasteiger partial charge in [0.05, 0.1) is 4.90 Å². The minimum absolute atomic E-state index is 0.0897. The maximum Gasteiger partial charge on any atom is 0.247 e. The molecule has 1 aromatic carbocycles. The highest BCUT2D eigenvalue weighted by molar-refractivity contribution is 7.89. The van der Waals surface area contributed by atoms with E-state index in [0.717, 1.165) is 37.2 Å². The van der Waals surface area contributed by atoms with Crippen LogP contribution >= 0.6 is 0 Å². The van der Waals surface area contributed by atoms with Crippen LogP contribution in [-0.2, 0) is 14.8 Å². The van der Waals surface area contributed by atoms with Gasteiger partial charge in [-0.05, 0) is 68.2 Å². The predicted molar refractivity (Wildman–Crippen MR) is 117 cm³/mol. The summed E-state index contributed by atoms with van der Waals surface area (Å²) in [6, 6.07) is 7.57. The molecule has 0 saturated heterocycles. The smallest absolute Gasteiger partial charge is 0.247 e. The van der Waals surface area contributed by atoms with Crippen molar-refractivity contribution in [1.82, 2.24) is 9.21 Å². The number of carbonyl (C=O) groups excluding carboxylic acids is 1. The van der Waals surface area contributed by atoms with Crippen LogP contribution < -0.4 is 0 Å². The molecule has 160 valence electrons. The van der Waals surface area contributed by atoms with Gasteiger partial charge in [-0.1, -0.05) is 32.9 Å². The molecule has 0 bridgehead atoms. The number of nitrogens with zero attached hydrogens (tertiary/aromatic N) is 2. The Hall–Kier alpha value is -1.66. The normalized spacial score (nSPS) is 22.9. The zero-order valence-corrected chi connectivity index (χ0v) is 18.7. The minimum Gasteiger partial charge on any atom is -0.333 e. The number of rotatable bonds is 8. The van der Waals surface area contributed by atoms with Crippen molar-refractivity contribution < 1.29 is 13.2 Å². The van der Waals surface area contributed by atoms with Gasteiger partial charge in [0.25, 0.3) is 0 Å². The van der Waals surface area contributed by atoms with Crippen molar-refractivity contribution in [3.05, 3.63) is 35.9 Å². The summed E-state index contributed by atoms with van der Waals surface area (Å²) >= 11 is 0. The van der Waals surface area contributed by atoms with Gasteiger partial charge in [-0.2, -0.15) is 4.31 Å². The summed E-state index contributed by atoms with van der Waals surface area (Å²) < 4.78 is 26.6. The van der Waals surface area contributed by atoms with Crippen molar-refractivity contribution in [3.63, 3.8) is 0 Å². The Morgan fingerprint density at radius 1 is 0.966 bits per heavy atom. The fraction of sp³-hybridized carbons (Fsp3) is 0.609. The van der Waals surface area contributed by atoms with Crippen molar-refractivity contribution in [2.75, 3.05) is 13.1 Å². The fourth-order valence-corrected chi connectivity index (χ4v) is 5.71. The predicted octanol–water partition coefficient (Wildman–Crippen LogP) is 4.30. The first-order valence-corrected chi connectivity index (χ1v) is 12.4. The molecule has 2 fully saturated rings. The zero-order chi connectivity index (χ0) is 21.0. The molecule has 0 N–H and O–H groups in total. The highest BCUT2D eigenvalue weighted by atomic mass is 32.2. The van der Waals surface area contributed by atoms with Gasteiger partial charge in [-0.3, -0.25) is 4.79 Å². The highest BCUT2D eigenvalue weighted by Crippen LogP contribution is 2.35. The molecule has 0 radical (unpaired) electrons. The Kier molecular flexibility index (Phi) is 7.17. The maximum atomic E-state index is 12.9. The maximum absolute atomic E-state index is 12.9. The van der Waals surface area contributed by atoms with Crippen molar-refractivity contribution in [1.29, 1.82) is 0 Å². The fourth-order valence-electron chi connectivity index (χ4n) is 4.25. The molecule has 2 aliphatic rings. The van der Waals surface area contributed by atoms with Crippen LogP contribution in [-0.4, -0.2) is 48.7 Å².